The lowest BCUT2D eigenvalue weighted by Crippen LogP contribution is -2.07. The van der Waals surface area contributed by atoms with Crippen LogP contribution in [0.3, 0.4) is 0 Å². The van der Waals surface area contributed by atoms with Crippen LogP contribution in [-0.4, -0.2) is 24.2 Å². The molecular formula is C5H3BrClMgN. The van der Waals surface area contributed by atoms with E-state index in [0.29, 0.717) is 0 Å². The van der Waals surface area contributed by atoms with Gasteiger partial charge in [0.05, 0.1) is 0 Å². The van der Waals surface area contributed by atoms with Crippen molar-refractivity contribution in [1.29, 1.82) is 0 Å². The summed E-state index contributed by atoms with van der Waals surface area (Å²) in [6.45, 7) is 0. The highest BCUT2D eigenvalue weighted by atomic mass is 79.9. The molecule has 0 N–H and O–H groups in total. The second-order valence-electron chi connectivity index (χ2n) is 1.62. The average molecular weight is 217 g/mol. The molecule has 1 rings (SSSR count). The predicted molar refractivity (Wildman–Crippen MR) is 43.2 cm³/mol. The first-order valence-electron chi connectivity index (χ1n) is 2.49. The van der Waals surface area contributed by atoms with Gasteiger partial charge >= 0.3 is 19.3 Å². The number of nitrogens with zero attached hydrogens (tertiary/aromatic N) is 1. The monoisotopic (exact) mass is 215 g/mol. The Morgan fingerprint density at radius 3 is 2.78 bits per heavy atom. The molecule has 9 heavy (non-hydrogen) atoms. The first-order valence-corrected chi connectivity index (χ1v) is 6.13. The molecule has 0 radical (unpaired) electrons. The fourth-order valence-corrected chi connectivity index (χ4v) is 1.56. The summed E-state index contributed by atoms with van der Waals surface area (Å²) in [4.78, 5) is 4.02. The zero-order chi connectivity index (χ0) is 6.69. The second kappa shape index (κ2) is 3.76. The summed E-state index contributed by atoms with van der Waals surface area (Å²) in [5.41, 5.74) is 0. The van der Waals surface area contributed by atoms with E-state index in [1.165, 1.54) is 3.69 Å². The van der Waals surface area contributed by atoms with Crippen molar-refractivity contribution in [3.05, 3.63) is 22.9 Å². The number of hydrogen-bond donors (Lipinski definition) is 0. The highest BCUT2D eigenvalue weighted by Gasteiger charge is 1.93. The Bertz CT molecular complexity index is 189. The molecule has 0 unspecified atom stereocenters. The van der Waals surface area contributed by atoms with Gasteiger partial charge in [-0.3, -0.25) is 4.98 Å². The number of hydrogen-bond acceptors (Lipinski definition) is 1. The molecule has 0 saturated carbocycles. The molecule has 0 bridgehead atoms. The van der Waals surface area contributed by atoms with Crippen LogP contribution in [0.4, 0.5) is 0 Å². The van der Waals surface area contributed by atoms with Gasteiger partial charge in [-0.25, -0.2) is 0 Å². The Balaban J connectivity index is 2.88. The molecule has 1 nitrogen and oxygen atoms in total. The van der Waals surface area contributed by atoms with E-state index in [1.807, 2.05) is 18.3 Å². The molecule has 0 saturated heterocycles. The fourth-order valence-electron chi connectivity index (χ4n) is 0.485. The van der Waals surface area contributed by atoms with Gasteiger partial charge < -0.3 is 9.07 Å². The van der Waals surface area contributed by atoms with Gasteiger partial charge in [-0.2, -0.15) is 0 Å². The minimum Gasteiger partial charge on any atom is -0.336 e. The summed E-state index contributed by atoms with van der Waals surface area (Å²) in [5, 5.41) is 0. The van der Waals surface area contributed by atoms with Crippen LogP contribution < -0.4 is 3.69 Å². The van der Waals surface area contributed by atoms with Crippen LogP contribution >= 0.6 is 25.0 Å². The molecule has 0 aliphatic heterocycles. The molecule has 1 aromatic rings. The van der Waals surface area contributed by atoms with E-state index in [9.17, 15) is 0 Å². The van der Waals surface area contributed by atoms with Crippen molar-refractivity contribution in [3.63, 3.8) is 0 Å². The average Bonchev–Trinajstić information content (AvgIpc) is 1.90. The highest BCUT2D eigenvalue weighted by Crippen LogP contribution is 1.99. The van der Waals surface area contributed by atoms with Gasteiger partial charge in [-0.1, -0.05) is 6.07 Å². The lowest BCUT2D eigenvalue weighted by molar-refractivity contribution is 1.30. The molecular weight excluding hydrogens is 214 g/mol. The number of rotatable bonds is 1. The third-order valence-electron chi connectivity index (χ3n) is 0.943. The maximum absolute atomic E-state index is 5.66. The summed E-state index contributed by atoms with van der Waals surface area (Å²) in [6.07, 6.45) is 1.81. The van der Waals surface area contributed by atoms with Gasteiger partial charge in [-0.15, -0.1) is 3.69 Å². The van der Waals surface area contributed by atoms with Gasteiger partial charge in [0, 0.05) is 6.20 Å². The molecule has 1 aromatic heterocycles. The first kappa shape index (κ1) is 7.79. The van der Waals surface area contributed by atoms with Gasteiger partial charge in [0.2, 0.25) is 0 Å². The van der Waals surface area contributed by atoms with Gasteiger partial charge in [-0.05, 0) is 22.0 Å². The topological polar surface area (TPSA) is 12.9 Å². The predicted octanol–water partition coefficient (Wildman–Crippen LogP) is 1.33. The summed E-state index contributed by atoms with van der Waals surface area (Å²) in [6, 6.07) is 3.90. The van der Waals surface area contributed by atoms with Crippen molar-refractivity contribution in [2.24, 2.45) is 0 Å². The molecule has 1 heterocycles. The third kappa shape index (κ3) is 2.41. The minimum absolute atomic E-state index is 0.536. The number of aromatic nitrogens is 1. The Kier molecular flexibility index (Phi) is 3.25. The van der Waals surface area contributed by atoms with Crippen molar-refractivity contribution < 1.29 is 0 Å². The molecule has 0 fully saturated rings. The van der Waals surface area contributed by atoms with Crippen LogP contribution in [0.2, 0.25) is 0 Å². The molecule has 44 valence electrons. The van der Waals surface area contributed by atoms with E-state index in [4.69, 9.17) is 9.07 Å². The van der Waals surface area contributed by atoms with Crippen molar-refractivity contribution in [3.8, 4) is 0 Å². The zero-order valence-electron chi connectivity index (χ0n) is 4.64. The van der Waals surface area contributed by atoms with Crippen LogP contribution in [-0.2, 0) is 0 Å². The van der Waals surface area contributed by atoms with Crippen molar-refractivity contribution >= 4 is 48.0 Å². The number of halogens is 2. The maximum Gasteiger partial charge on any atom is 0.540 e. The van der Waals surface area contributed by atoms with E-state index in [-0.39, 0.29) is 0 Å². The maximum atomic E-state index is 5.66. The van der Waals surface area contributed by atoms with Gasteiger partial charge in [0.15, 0.2) is 0 Å². The van der Waals surface area contributed by atoms with Gasteiger partial charge in [0.1, 0.15) is 4.60 Å². The Morgan fingerprint density at radius 1 is 1.56 bits per heavy atom. The fraction of sp³-hybridized carbons (Fsp3) is 0. The zero-order valence-corrected chi connectivity index (χ0v) is 8.40. The SMILES string of the molecule is [Cl][Mg][c]1ccc(Br)nc1. The van der Waals surface area contributed by atoms with Crippen molar-refractivity contribution in [1.82, 2.24) is 4.98 Å². The summed E-state index contributed by atoms with van der Waals surface area (Å²) < 4.78 is 2.05. The molecule has 0 atom stereocenters. The molecule has 0 amide bonds. The highest BCUT2D eigenvalue weighted by molar-refractivity contribution is 9.10. The smallest absolute Gasteiger partial charge is 0.336 e. The Hall–Kier alpha value is 0.686. The van der Waals surface area contributed by atoms with E-state index in [2.05, 4.69) is 20.9 Å². The molecule has 0 spiro atoms. The summed E-state index contributed by atoms with van der Waals surface area (Å²) in [5.74, 6) is 0. The van der Waals surface area contributed by atoms with Crippen LogP contribution in [0.1, 0.15) is 0 Å². The minimum atomic E-state index is -0.536. The van der Waals surface area contributed by atoms with Crippen molar-refractivity contribution in [2.75, 3.05) is 0 Å². The van der Waals surface area contributed by atoms with E-state index in [1.54, 1.807) is 0 Å². The summed E-state index contributed by atoms with van der Waals surface area (Å²) >= 11 is 2.70. The van der Waals surface area contributed by atoms with E-state index >= 15 is 0 Å². The lowest BCUT2D eigenvalue weighted by Gasteiger charge is -1.90. The quantitative estimate of drug-likeness (QED) is 0.510. The largest absolute Gasteiger partial charge is 0.540 e. The van der Waals surface area contributed by atoms with Crippen LogP contribution in [0.15, 0.2) is 22.9 Å². The van der Waals surface area contributed by atoms with Crippen LogP contribution in [0, 0.1) is 0 Å². The van der Waals surface area contributed by atoms with Crippen molar-refractivity contribution in [2.45, 2.75) is 0 Å². The first-order chi connectivity index (χ1) is 4.33. The van der Waals surface area contributed by atoms with Gasteiger partial charge in [0.25, 0.3) is 0 Å². The summed E-state index contributed by atoms with van der Waals surface area (Å²) in [7, 11) is 5.66. The molecule has 0 aliphatic rings. The molecule has 4 heteroatoms. The van der Waals surface area contributed by atoms with Crippen LogP contribution in [0.25, 0.3) is 0 Å². The van der Waals surface area contributed by atoms with E-state index < -0.39 is 19.3 Å². The Morgan fingerprint density at radius 2 is 2.33 bits per heavy atom. The Labute approximate surface area is 75.4 Å². The molecule has 0 aliphatic carbocycles. The number of pyridine rings is 1. The normalized spacial score (nSPS) is 8.67. The third-order valence-corrected chi connectivity index (χ3v) is 3.06. The second-order valence-corrected chi connectivity index (χ2v) is 4.32. The standard InChI is InChI=1S/C5H3BrN.ClH.Mg/c6-5-3-1-2-4-7-5;;/h1,3-4H;1H;/q;;+1/p-1. The molecule has 0 aromatic carbocycles. The lowest BCUT2D eigenvalue weighted by atomic mass is 10.5. The van der Waals surface area contributed by atoms with E-state index in [0.717, 1.165) is 4.60 Å². The van der Waals surface area contributed by atoms with Crippen LogP contribution in [0.5, 0.6) is 0 Å².